The zero-order valence-corrected chi connectivity index (χ0v) is 12.4. The molecule has 0 radical (unpaired) electrons. The lowest BCUT2D eigenvalue weighted by molar-refractivity contribution is 0.0680. The number of aliphatic hydroxyl groups excluding tert-OH is 1. The van der Waals surface area contributed by atoms with E-state index in [1.54, 1.807) is 11.0 Å². The van der Waals surface area contributed by atoms with Gasteiger partial charge in [0.1, 0.15) is 0 Å². The highest BCUT2D eigenvalue weighted by atomic mass is 16.3. The van der Waals surface area contributed by atoms with E-state index in [4.69, 9.17) is 0 Å². The first-order chi connectivity index (χ1) is 10.1. The second-order valence-electron chi connectivity index (χ2n) is 5.80. The monoisotopic (exact) mass is 284 g/mol. The molecule has 1 aliphatic heterocycles. The Labute approximate surface area is 124 Å². The molecule has 1 unspecified atom stereocenters. The standard InChI is InChI=1S/C17H20N2O2/c1-12(2)19-9-7-13-5-6-14(10-16(13)19)17(21)18-8-3-4-15(20)11-18/h3-7,9-10,12,15,20H,8,11H2,1-2H3. The summed E-state index contributed by atoms with van der Waals surface area (Å²) in [5, 5.41) is 10.8. The Morgan fingerprint density at radius 2 is 2.14 bits per heavy atom. The van der Waals surface area contributed by atoms with Crippen molar-refractivity contribution < 1.29 is 9.90 Å². The number of carbonyl (C=O) groups excluding carboxylic acids is 1. The molecule has 1 aromatic heterocycles. The lowest BCUT2D eigenvalue weighted by Gasteiger charge is -2.26. The maximum Gasteiger partial charge on any atom is 0.254 e. The number of amides is 1. The molecule has 4 nitrogen and oxygen atoms in total. The zero-order chi connectivity index (χ0) is 15.0. The number of hydrogen-bond donors (Lipinski definition) is 1. The third-order valence-corrected chi connectivity index (χ3v) is 3.91. The summed E-state index contributed by atoms with van der Waals surface area (Å²) in [6, 6.07) is 8.21. The molecule has 2 aromatic rings. The van der Waals surface area contributed by atoms with E-state index in [-0.39, 0.29) is 5.91 Å². The molecule has 2 heterocycles. The van der Waals surface area contributed by atoms with Crippen LogP contribution >= 0.6 is 0 Å². The molecule has 1 aromatic carbocycles. The van der Waals surface area contributed by atoms with Crippen LogP contribution < -0.4 is 0 Å². The highest BCUT2D eigenvalue weighted by molar-refractivity contribution is 5.98. The van der Waals surface area contributed by atoms with Gasteiger partial charge in [-0.15, -0.1) is 0 Å². The van der Waals surface area contributed by atoms with Crippen LogP contribution in [0.4, 0.5) is 0 Å². The molecule has 110 valence electrons. The Morgan fingerprint density at radius 3 is 2.86 bits per heavy atom. The fraction of sp³-hybridized carbons (Fsp3) is 0.353. The molecule has 0 fully saturated rings. The molecule has 4 heteroatoms. The van der Waals surface area contributed by atoms with Gasteiger partial charge in [-0.25, -0.2) is 0 Å². The number of hydrogen-bond acceptors (Lipinski definition) is 2. The lowest BCUT2D eigenvalue weighted by Crippen LogP contribution is -2.39. The van der Waals surface area contributed by atoms with Crippen LogP contribution in [-0.4, -0.2) is 39.7 Å². The normalized spacial score (nSPS) is 18.7. The van der Waals surface area contributed by atoms with Crippen molar-refractivity contribution in [3.8, 4) is 0 Å². The van der Waals surface area contributed by atoms with Crippen molar-refractivity contribution in [1.29, 1.82) is 0 Å². The van der Waals surface area contributed by atoms with Gasteiger partial charge in [0.05, 0.1) is 12.6 Å². The number of aliphatic hydroxyl groups is 1. The van der Waals surface area contributed by atoms with Crippen molar-refractivity contribution in [3.05, 3.63) is 48.2 Å². The first-order valence-electron chi connectivity index (χ1n) is 7.31. The van der Waals surface area contributed by atoms with Gasteiger partial charge < -0.3 is 14.6 Å². The Bertz CT molecular complexity index is 700. The maximum atomic E-state index is 12.6. The van der Waals surface area contributed by atoms with Gasteiger partial charge in [-0.1, -0.05) is 18.2 Å². The van der Waals surface area contributed by atoms with E-state index < -0.39 is 6.10 Å². The molecule has 1 aliphatic rings. The van der Waals surface area contributed by atoms with E-state index in [0.717, 1.165) is 10.9 Å². The van der Waals surface area contributed by atoms with Gasteiger partial charge in [-0.05, 0) is 37.4 Å². The topological polar surface area (TPSA) is 45.5 Å². The summed E-state index contributed by atoms with van der Waals surface area (Å²) in [5.74, 6) is -0.0307. The molecule has 1 amide bonds. The quantitative estimate of drug-likeness (QED) is 0.862. The third kappa shape index (κ3) is 2.59. The molecular weight excluding hydrogens is 264 g/mol. The predicted octanol–water partition coefficient (Wildman–Crippen LogP) is 2.60. The van der Waals surface area contributed by atoms with Crippen LogP contribution in [0, 0.1) is 0 Å². The number of aromatic nitrogens is 1. The van der Waals surface area contributed by atoms with Gasteiger partial charge >= 0.3 is 0 Å². The minimum Gasteiger partial charge on any atom is -0.387 e. The van der Waals surface area contributed by atoms with Crippen LogP contribution in [-0.2, 0) is 0 Å². The smallest absolute Gasteiger partial charge is 0.254 e. The van der Waals surface area contributed by atoms with Crippen LogP contribution in [0.3, 0.4) is 0 Å². The molecule has 1 N–H and O–H groups in total. The van der Waals surface area contributed by atoms with Crippen LogP contribution in [0.2, 0.25) is 0 Å². The average molecular weight is 284 g/mol. The summed E-state index contributed by atoms with van der Waals surface area (Å²) in [7, 11) is 0. The van der Waals surface area contributed by atoms with Crippen LogP contribution in [0.25, 0.3) is 10.9 Å². The lowest BCUT2D eigenvalue weighted by atomic mass is 10.1. The SMILES string of the molecule is CC(C)n1ccc2ccc(C(=O)N3CC=CC(O)C3)cc21. The summed E-state index contributed by atoms with van der Waals surface area (Å²) in [5.41, 5.74) is 1.74. The summed E-state index contributed by atoms with van der Waals surface area (Å²) in [6.45, 7) is 5.16. The zero-order valence-electron chi connectivity index (χ0n) is 12.4. The average Bonchev–Trinajstić information content (AvgIpc) is 2.89. The molecule has 1 atom stereocenters. The minimum atomic E-state index is -0.564. The molecule has 0 bridgehead atoms. The van der Waals surface area contributed by atoms with E-state index in [1.165, 1.54) is 0 Å². The number of benzene rings is 1. The molecule has 0 aliphatic carbocycles. The van der Waals surface area contributed by atoms with E-state index in [2.05, 4.69) is 30.7 Å². The fourth-order valence-electron chi connectivity index (χ4n) is 2.79. The van der Waals surface area contributed by atoms with Crippen molar-refractivity contribution in [2.75, 3.05) is 13.1 Å². The van der Waals surface area contributed by atoms with Crippen molar-refractivity contribution in [3.63, 3.8) is 0 Å². The van der Waals surface area contributed by atoms with Crippen molar-refractivity contribution >= 4 is 16.8 Å². The number of fused-ring (bicyclic) bond motifs is 1. The molecule has 21 heavy (non-hydrogen) atoms. The van der Waals surface area contributed by atoms with E-state index in [1.807, 2.05) is 24.3 Å². The number of rotatable bonds is 2. The van der Waals surface area contributed by atoms with Crippen LogP contribution in [0.1, 0.15) is 30.2 Å². The van der Waals surface area contributed by atoms with Gasteiger partial charge in [0.15, 0.2) is 0 Å². The third-order valence-electron chi connectivity index (χ3n) is 3.91. The minimum absolute atomic E-state index is 0.0307. The van der Waals surface area contributed by atoms with Crippen molar-refractivity contribution in [1.82, 2.24) is 9.47 Å². The highest BCUT2D eigenvalue weighted by Crippen LogP contribution is 2.22. The Morgan fingerprint density at radius 1 is 1.33 bits per heavy atom. The van der Waals surface area contributed by atoms with Crippen LogP contribution in [0.5, 0.6) is 0 Å². The summed E-state index contributed by atoms with van der Waals surface area (Å²) >= 11 is 0. The van der Waals surface area contributed by atoms with E-state index in [0.29, 0.717) is 24.7 Å². The molecule has 0 spiro atoms. The Hall–Kier alpha value is -2.07. The number of carbonyl (C=O) groups is 1. The summed E-state index contributed by atoms with van der Waals surface area (Å²) < 4.78 is 2.16. The summed E-state index contributed by atoms with van der Waals surface area (Å²) in [4.78, 5) is 14.2. The van der Waals surface area contributed by atoms with Gasteiger partial charge in [-0.3, -0.25) is 4.79 Å². The molecule has 0 saturated carbocycles. The fourth-order valence-corrected chi connectivity index (χ4v) is 2.79. The van der Waals surface area contributed by atoms with E-state index in [9.17, 15) is 9.90 Å². The molecule has 0 saturated heterocycles. The first-order valence-corrected chi connectivity index (χ1v) is 7.31. The first kappa shape index (κ1) is 13.9. The van der Waals surface area contributed by atoms with Gasteiger partial charge in [0, 0.05) is 29.9 Å². The second-order valence-corrected chi connectivity index (χ2v) is 5.80. The van der Waals surface area contributed by atoms with Crippen molar-refractivity contribution in [2.45, 2.75) is 26.0 Å². The predicted molar refractivity (Wildman–Crippen MR) is 83.4 cm³/mol. The van der Waals surface area contributed by atoms with Gasteiger partial charge in [0.2, 0.25) is 0 Å². The van der Waals surface area contributed by atoms with Crippen molar-refractivity contribution in [2.24, 2.45) is 0 Å². The number of β-amino-alcohol motifs (C(OH)–C–C–N with tert-alkyl or cyclic N) is 1. The molecular formula is C17H20N2O2. The maximum absolute atomic E-state index is 12.6. The van der Waals surface area contributed by atoms with E-state index >= 15 is 0 Å². The Kier molecular flexibility index (Phi) is 3.55. The highest BCUT2D eigenvalue weighted by Gasteiger charge is 2.20. The second kappa shape index (κ2) is 5.37. The molecule has 3 rings (SSSR count). The van der Waals surface area contributed by atoms with Gasteiger partial charge in [-0.2, -0.15) is 0 Å². The van der Waals surface area contributed by atoms with Crippen LogP contribution in [0.15, 0.2) is 42.6 Å². The number of nitrogens with zero attached hydrogens (tertiary/aromatic N) is 2. The summed E-state index contributed by atoms with van der Waals surface area (Å²) in [6.07, 6.45) is 5.06. The van der Waals surface area contributed by atoms with Gasteiger partial charge in [0.25, 0.3) is 5.91 Å². The Balaban J connectivity index is 1.95. The largest absolute Gasteiger partial charge is 0.387 e.